The van der Waals surface area contributed by atoms with Gasteiger partial charge in [0.05, 0.1) is 59.1 Å². The average Bonchev–Trinajstić information content (AvgIpc) is 3.90. The minimum absolute atomic E-state index is 0. The Kier molecular flexibility index (Phi) is 17.6. The molecule has 6 heterocycles. The fraction of sp³-hybridized carbons (Fsp3) is 0.479. The van der Waals surface area contributed by atoms with E-state index < -0.39 is 18.1 Å². The van der Waals surface area contributed by atoms with Gasteiger partial charge in [-0.2, -0.15) is 4.98 Å². The van der Waals surface area contributed by atoms with Crippen molar-refractivity contribution in [3.8, 4) is 46.2 Å². The molecule has 21 heteroatoms. The van der Waals surface area contributed by atoms with Gasteiger partial charge in [0.1, 0.15) is 53.7 Å². The van der Waals surface area contributed by atoms with Crippen LogP contribution in [0.3, 0.4) is 0 Å². The van der Waals surface area contributed by atoms with Crippen molar-refractivity contribution in [3.63, 3.8) is 0 Å². The predicted molar refractivity (Wildman–Crippen MR) is 248 cm³/mol. The number of ether oxygens (including phenoxy) is 5. The van der Waals surface area contributed by atoms with Gasteiger partial charge in [0.15, 0.2) is 0 Å². The molecule has 2 aliphatic rings. The standard InChI is InChI=1S/C24H29N5O5.C23H27FN6O4.CH4/c1-15-21(34-18-6-4-5-17(12-18)24(30)31)8-7-19(26-15)23-20(29(2)28-27-23)14-33-22-11-16(13-32-3)9-10-25-22;1-13(24)17-9-10-25-23(27-17)33-12-19-21(28-29-30(19)3)18-7-8-20(14(2)26-18)34-16-6-4-5-15(11-16)22(31)32;/h7-11,17-18H,4-6,12-14H2,1-3H3,(H,30,31);7-10,13,15-16H,4-6,11-12H2,1-3H3,(H,31,32);1H4/t17-,18-;13?,15-,16-;/m00./s1. The molecule has 2 aliphatic carbocycles. The first-order valence-electron chi connectivity index (χ1n) is 22.4. The molecule has 0 radical (unpaired) electrons. The van der Waals surface area contributed by atoms with E-state index in [-0.39, 0.29) is 56.4 Å². The molecule has 6 aromatic rings. The summed E-state index contributed by atoms with van der Waals surface area (Å²) in [6, 6.07) is 12.6. The second-order valence-corrected chi connectivity index (χ2v) is 16.9. The van der Waals surface area contributed by atoms with Gasteiger partial charge in [-0.05, 0) is 114 Å². The summed E-state index contributed by atoms with van der Waals surface area (Å²) < 4.78 is 45.7. The van der Waals surface area contributed by atoms with E-state index in [1.165, 1.54) is 19.2 Å². The third kappa shape index (κ3) is 13.3. The number of rotatable bonds is 17. The predicted octanol–water partition coefficient (Wildman–Crippen LogP) is 7.57. The Balaban J connectivity index is 0.000000224. The van der Waals surface area contributed by atoms with Gasteiger partial charge < -0.3 is 33.9 Å². The number of pyridine rings is 3. The van der Waals surface area contributed by atoms with E-state index in [0.717, 1.165) is 36.9 Å². The molecule has 6 aromatic heterocycles. The molecule has 2 N–H and O–H groups in total. The Hall–Kier alpha value is -7.16. The number of nitrogens with zero attached hydrogens (tertiary/aromatic N) is 11. The molecule has 0 amide bonds. The van der Waals surface area contributed by atoms with E-state index in [9.17, 15) is 24.2 Å². The van der Waals surface area contributed by atoms with Crippen LogP contribution in [0.5, 0.6) is 23.4 Å². The molecule has 0 aromatic carbocycles. The van der Waals surface area contributed by atoms with E-state index >= 15 is 0 Å². The largest absolute Gasteiger partial charge is 0.489 e. The van der Waals surface area contributed by atoms with Gasteiger partial charge in [-0.3, -0.25) is 9.59 Å². The molecule has 69 heavy (non-hydrogen) atoms. The van der Waals surface area contributed by atoms with Gasteiger partial charge in [-0.25, -0.2) is 33.7 Å². The number of methoxy groups -OCH3 is 1. The summed E-state index contributed by atoms with van der Waals surface area (Å²) in [5, 5.41) is 35.4. The summed E-state index contributed by atoms with van der Waals surface area (Å²) in [6.07, 6.45) is 7.37. The summed E-state index contributed by atoms with van der Waals surface area (Å²) in [7, 11) is 5.18. The summed E-state index contributed by atoms with van der Waals surface area (Å²) in [6.45, 7) is 5.87. The topological polar surface area (TPSA) is 247 Å². The number of aryl methyl sites for hydroxylation is 4. The Labute approximate surface area is 399 Å². The Bertz CT molecular complexity index is 2680. The number of carboxylic acids is 2. The van der Waals surface area contributed by atoms with Gasteiger partial charge in [0.25, 0.3) is 0 Å². The summed E-state index contributed by atoms with van der Waals surface area (Å²) >= 11 is 0. The van der Waals surface area contributed by atoms with E-state index in [2.05, 4.69) is 45.5 Å². The molecule has 0 aliphatic heterocycles. The second-order valence-electron chi connectivity index (χ2n) is 16.9. The van der Waals surface area contributed by atoms with Crippen molar-refractivity contribution in [2.75, 3.05) is 7.11 Å². The summed E-state index contributed by atoms with van der Waals surface area (Å²) in [4.78, 5) is 44.4. The van der Waals surface area contributed by atoms with E-state index in [4.69, 9.17) is 23.7 Å². The third-order valence-corrected chi connectivity index (χ3v) is 11.9. The first-order chi connectivity index (χ1) is 32.8. The van der Waals surface area contributed by atoms with Crippen LogP contribution in [0.25, 0.3) is 22.8 Å². The third-order valence-electron chi connectivity index (χ3n) is 11.9. The van der Waals surface area contributed by atoms with Crippen molar-refractivity contribution in [2.45, 2.75) is 118 Å². The number of halogens is 1. The van der Waals surface area contributed by atoms with Crippen LogP contribution in [0.1, 0.15) is 106 Å². The molecule has 2 saturated carbocycles. The lowest BCUT2D eigenvalue weighted by Crippen LogP contribution is -2.29. The van der Waals surface area contributed by atoms with Crippen LogP contribution in [-0.4, -0.2) is 96.4 Å². The van der Waals surface area contributed by atoms with Crippen LogP contribution in [0.2, 0.25) is 0 Å². The molecule has 0 saturated heterocycles. The zero-order chi connectivity index (χ0) is 48.3. The maximum absolute atomic E-state index is 13.5. The maximum atomic E-state index is 13.5. The Morgan fingerprint density at radius 1 is 0.725 bits per heavy atom. The van der Waals surface area contributed by atoms with Crippen molar-refractivity contribution in [3.05, 3.63) is 88.9 Å². The average molecular weight is 954 g/mol. The number of alkyl halides is 1. The first-order valence-corrected chi connectivity index (χ1v) is 22.4. The SMILES string of the molecule is C.COCc1ccnc(OCc2c(-c3ccc(O[C@H]4CCC[C@H](C(=O)O)C4)c(C)n3)nnn2C)c1.Cc1nc(-c2nnn(C)c2COc2nccc(C(C)F)n2)ccc1O[C@H]1CCC[C@H](C(=O)O)C1. The fourth-order valence-electron chi connectivity index (χ4n) is 8.10. The highest BCUT2D eigenvalue weighted by atomic mass is 19.1. The van der Waals surface area contributed by atoms with Gasteiger partial charge in [-0.15, -0.1) is 10.2 Å². The first kappa shape index (κ1) is 51.2. The van der Waals surface area contributed by atoms with Crippen molar-refractivity contribution < 1.29 is 47.9 Å². The normalized spacial score (nSPS) is 18.2. The molecule has 0 bridgehead atoms. The highest BCUT2D eigenvalue weighted by molar-refractivity contribution is 5.70. The van der Waals surface area contributed by atoms with Crippen molar-refractivity contribution in [2.24, 2.45) is 25.9 Å². The molecule has 1 unspecified atom stereocenters. The minimum Gasteiger partial charge on any atom is -0.489 e. The molecule has 5 atom stereocenters. The zero-order valence-electron chi connectivity index (χ0n) is 38.9. The summed E-state index contributed by atoms with van der Waals surface area (Å²) in [5.41, 5.74) is 6.41. The fourth-order valence-corrected chi connectivity index (χ4v) is 8.10. The molecular weight excluding hydrogens is 894 g/mol. The van der Waals surface area contributed by atoms with E-state index in [1.807, 2.05) is 44.2 Å². The van der Waals surface area contributed by atoms with Crippen molar-refractivity contribution >= 4 is 11.9 Å². The second kappa shape index (κ2) is 23.7. The lowest BCUT2D eigenvalue weighted by Gasteiger charge is -2.27. The Morgan fingerprint density at radius 2 is 1.25 bits per heavy atom. The number of hydrogen-bond acceptors (Lipinski definition) is 16. The van der Waals surface area contributed by atoms with Crippen LogP contribution in [0, 0.1) is 25.7 Å². The van der Waals surface area contributed by atoms with Crippen LogP contribution in [0.4, 0.5) is 4.39 Å². The van der Waals surface area contributed by atoms with Gasteiger partial charge in [0, 0.05) is 39.7 Å². The van der Waals surface area contributed by atoms with Gasteiger partial charge in [-0.1, -0.05) is 17.9 Å². The molecule has 368 valence electrons. The highest BCUT2D eigenvalue weighted by Gasteiger charge is 2.30. The smallest absolute Gasteiger partial charge is 0.317 e. The molecule has 20 nitrogen and oxygen atoms in total. The van der Waals surface area contributed by atoms with E-state index in [1.54, 1.807) is 42.8 Å². The lowest BCUT2D eigenvalue weighted by molar-refractivity contribution is -0.144. The molecule has 8 rings (SSSR count). The van der Waals surface area contributed by atoms with Gasteiger partial charge in [0.2, 0.25) is 5.88 Å². The highest BCUT2D eigenvalue weighted by Crippen LogP contribution is 2.33. The number of hydrogen-bond donors (Lipinski definition) is 2. The number of carboxylic acid groups (broad SMARTS) is 2. The van der Waals surface area contributed by atoms with Crippen LogP contribution < -0.4 is 18.9 Å². The van der Waals surface area contributed by atoms with Crippen LogP contribution >= 0.6 is 0 Å². The van der Waals surface area contributed by atoms with Crippen molar-refractivity contribution in [1.29, 1.82) is 0 Å². The molecule has 2 fully saturated rings. The van der Waals surface area contributed by atoms with Crippen LogP contribution in [0.15, 0.2) is 54.9 Å². The Morgan fingerprint density at radius 3 is 1.74 bits per heavy atom. The number of aromatic nitrogens is 11. The zero-order valence-corrected chi connectivity index (χ0v) is 38.9. The molecular formula is C48H60FN11O9. The van der Waals surface area contributed by atoms with Crippen LogP contribution in [-0.2, 0) is 48.2 Å². The quantitative estimate of drug-likeness (QED) is 0.0894. The van der Waals surface area contributed by atoms with E-state index in [0.29, 0.717) is 89.5 Å². The lowest BCUT2D eigenvalue weighted by atomic mass is 9.87. The minimum atomic E-state index is -1.23. The van der Waals surface area contributed by atoms with Crippen molar-refractivity contribution in [1.82, 2.24) is 54.9 Å². The monoisotopic (exact) mass is 953 g/mol. The summed E-state index contributed by atoms with van der Waals surface area (Å²) in [5.74, 6) is -0.484. The number of aliphatic carboxylic acids is 2. The number of carbonyl (C=O) groups is 2. The maximum Gasteiger partial charge on any atom is 0.317 e. The molecule has 0 spiro atoms. The van der Waals surface area contributed by atoms with Gasteiger partial charge >= 0.3 is 17.9 Å².